The van der Waals surface area contributed by atoms with E-state index < -0.39 is 0 Å². The first-order valence-electron chi connectivity index (χ1n) is 15.1. The average Bonchev–Trinajstić information content (AvgIpc) is 3.36. The van der Waals surface area contributed by atoms with Crippen LogP contribution in [0.2, 0.25) is 0 Å². The number of esters is 1. The van der Waals surface area contributed by atoms with E-state index in [1.165, 1.54) is 25.5 Å². The molecule has 5 rings (SSSR count). The number of fused-ring (bicyclic) bond motifs is 3. The molecule has 3 heterocycles. The van der Waals surface area contributed by atoms with Crippen molar-refractivity contribution in [3.63, 3.8) is 0 Å². The number of methoxy groups -OCH3 is 1. The standard InChI is InChI=1S/C33H44N6O2/c1-4-5-11-29-36-31-32(27-9-6-7-10-28(27)35-33(31)34)39(29)19-8-18-38(26-16-20-37(2)21-17-26)23-25-14-12-24(13-15-25)22-30(40)41-3/h6-7,9-10,12-15,26H,4-5,8,11,16-23H2,1-3H3,(H2,34,35). The number of aromatic nitrogens is 3. The van der Waals surface area contributed by atoms with E-state index in [-0.39, 0.29) is 5.97 Å². The Hall–Kier alpha value is -3.49. The van der Waals surface area contributed by atoms with Gasteiger partial charge in [0.2, 0.25) is 0 Å². The number of likely N-dealkylation sites (tertiary alicyclic amines) is 1. The summed E-state index contributed by atoms with van der Waals surface area (Å²) in [6, 6.07) is 17.2. The highest BCUT2D eigenvalue weighted by Gasteiger charge is 2.24. The molecule has 1 saturated heterocycles. The molecule has 2 aromatic heterocycles. The Morgan fingerprint density at radius 1 is 1.05 bits per heavy atom. The number of nitrogens with two attached hydrogens (primary N) is 1. The quantitative estimate of drug-likeness (QED) is 0.240. The number of hydrogen-bond acceptors (Lipinski definition) is 7. The maximum atomic E-state index is 11.7. The summed E-state index contributed by atoms with van der Waals surface area (Å²) in [6.45, 7) is 7.28. The number of benzene rings is 2. The van der Waals surface area contributed by atoms with Crippen molar-refractivity contribution < 1.29 is 9.53 Å². The van der Waals surface area contributed by atoms with E-state index in [4.69, 9.17) is 15.5 Å². The molecule has 0 unspecified atom stereocenters. The number of imidazole rings is 1. The summed E-state index contributed by atoms with van der Waals surface area (Å²) in [5, 5.41) is 1.12. The van der Waals surface area contributed by atoms with Crippen molar-refractivity contribution >= 4 is 33.7 Å². The third kappa shape index (κ3) is 6.88. The van der Waals surface area contributed by atoms with Crippen LogP contribution in [0.15, 0.2) is 48.5 Å². The first-order valence-corrected chi connectivity index (χ1v) is 15.1. The predicted octanol–water partition coefficient (Wildman–Crippen LogP) is 5.21. The number of unbranched alkanes of at least 4 members (excludes halogenated alkanes) is 1. The number of hydrogen-bond donors (Lipinski definition) is 1. The van der Waals surface area contributed by atoms with E-state index in [0.29, 0.717) is 18.3 Å². The van der Waals surface area contributed by atoms with Crippen molar-refractivity contribution in [2.75, 3.05) is 39.5 Å². The molecule has 218 valence electrons. The molecule has 0 spiro atoms. The van der Waals surface area contributed by atoms with Gasteiger partial charge in [-0.3, -0.25) is 9.69 Å². The third-order valence-electron chi connectivity index (χ3n) is 8.46. The second-order valence-electron chi connectivity index (χ2n) is 11.4. The maximum absolute atomic E-state index is 11.7. The summed E-state index contributed by atoms with van der Waals surface area (Å²) in [6.07, 6.45) is 6.86. The fraction of sp³-hybridized carbons (Fsp3) is 0.485. The molecule has 1 fully saturated rings. The molecule has 8 heteroatoms. The normalized spacial score (nSPS) is 14.8. The zero-order chi connectivity index (χ0) is 28.8. The summed E-state index contributed by atoms with van der Waals surface area (Å²) in [5.41, 5.74) is 11.6. The Kier molecular flexibility index (Phi) is 9.52. The number of anilines is 1. The van der Waals surface area contributed by atoms with Gasteiger partial charge < -0.3 is 19.9 Å². The lowest BCUT2D eigenvalue weighted by Gasteiger charge is -2.37. The molecule has 0 aliphatic carbocycles. The summed E-state index contributed by atoms with van der Waals surface area (Å²) in [5.74, 6) is 1.42. The summed E-state index contributed by atoms with van der Waals surface area (Å²) >= 11 is 0. The first-order chi connectivity index (χ1) is 20.0. The SMILES string of the molecule is CCCCc1nc2c(N)nc3ccccc3c2n1CCCN(Cc1ccc(CC(=O)OC)cc1)C1CCN(C)CC1. The van der Waals surface area contributed by atoms with E-state index in [0.717, 1.165) is 91.7 Å². The molecule has 0 saturated carbocycles. The van der Waals surface area contributed by atoms with Gasteiger partial charge in [-0.2, -0.15) is 0 Å². The van der Waals surface area contributed by atoms with Crippen LogP contribution in [0.4, 0.5) is 5.82 Å². The Balaban J connectivity index is 1.37. The molecule has 4 aromatic rings. The molecular weight excluding hydrogens is 512 g/mol. The van der Waals surface area contributed by atoms with Crippen molar-refractivity contribution in [1.29, 1.82) is 0 Å². The largest absolute Gasteiger partial charge is 0.469 e. The van der Waals surface area contributed by atoms with Crippen molar-refractivity contribution in [1.82, 2.24) is 24.3 Å². The molecule has 0 radical (unpaired) electrons. The highest BCUT2D eigenvalue weighted by Crippen LogP contribution is 2.30. The average molecular weight is 557 g/mol. The lowest BCUT2D eigenvalue weighted by atomic mass is 10.0. The van der Waals surface area contributed by atoms with Crippen LogP contribution in [-0.2, 0) is 35.5 Å². The fourth-order valence-electron chi connectivity index (χ4n) is 6.09. The number of piperidine rings is 1. The van der Waals surface area contributed by atoms with E-state index >= 15 is 0 Å². The molecule has 2 aromatic carbocycles. The zero-order valence-corrected chi connectivity index (χ0v) is 24.8. The molecule has 2 N–H and O–H groups in total. The minimum Gasteiger partial charge on any atom is -0.469 e. The lowest BCUT2D eigenvalue weighted by molar-refractivity contribution is -0.139. The van der Waals surface area contributed by atoms with Gasteiger partial charge in [0, 0.05) is 37.5 Å². The number of pyridine rings is 1. The van der Waals surface area contributed by atoms with Crippen LogP contribution < -0.4 is 5.73 Å². The predicted molar refractivity (Wildman–Crippen MR) is 166 cm³/mol. The fourth-order valence-corrected chi connectivity index (χ4v) is 6.09. The maximum Gasteiger partial charge on any atom is 0.309 e. The van der Waals surface area contributed by atoms with Crippen LogP contribution >= 0.6 is 0 Å². The van der Waals surface area contributed by atoms with Crippen LogP contribution in [0, 0.1) is 0 Å². The smallest absolute Gasteiger partial charge is 0.309 e. The summed E-state index contributed by atoms with van der Waals surface area (Å²) in [4.78, 5) is 26.5. The van der Waals surface area contributed by atoms with Gasteiger partial charge in [0.1, 0.15) is 11.3 Å². The Labute approximate surface area is 243 Å². The topological polar surface area (TPSA) is 89.5 Å². The molecule has 1 aliphatic heterocycles. The Morgan fingerprint density at radius 3 is 2.51 bits per heavy atom. The van der Waals surface area contributed by atoms with Crippen LogP contribution in [0.5, 0.6) is 0 Å². The third-order valence-corrected chi connectivity index (χ3v) is 8.46. The summed E-state index contributed by atoms with van der Waals surface area (Å²) in [7, 11) is 3.65. The number of nitrogen functional groups attached to an aromatic ring is 1. The van der Waals surface area contributed by atoms with E-state index in [1.54, 1.807) is 0 Å². The van der Waals surface area contributed by atoms with Crippen LogP contribution in [-0.4, -0.2) is 70.1 Å². The molecule has 0 atom stereocenters. The number of aryl methyl sites for hydroxylation is 2. The van der Waals surface area contributed by atoms with Crippen molar-refractivity contribution in [3.8, 4) is 0 Å². The van der Waals surface area contributed by atoms with Gasteiger partial charge in [0.25, 0.3) is 0 Å². The van der Waals surface area contributed by atoms with Crippen molar-refractivity contribution in [3.05, 3.63) is 65.5 Å². The number of para-hydroxylation sites is 1. The number of ether oxygens (including phenoxy) is 1. The van der Waals surface area contributed by atoms with Gasteiger partial charge >= 0.3 is 5.97 Å². The Morgan fingerprint density at radius 2 is 1.78 bits per heavy atom. The van der Waals surface area contributed by atoms with Gasteiger partial charge in [0.15, 0.2) is 5.82 Å². The van der Waals surface area contributed by atoms with Gasteiger partial charge in [-0.25, -0.2) is 9.97 Å². The monoisotopic (exact) mass is 556 g/mol. The van der Waals surface area contributed by atoms with Crippen LogP contribution in [0.3, 0.4) is 0 Å². The highest BCUT2D eigenvalue weighted by molar-refractivity contribution is 6.06. The molecular formula is C33H44N6O2. The minimum atomic E-state index is -0.207. The van der Waals surface area contributed by atoms with Crippen molar-refractivity contribution in [2.24, 2.45) is 0 Å². The van der Waals surface area contributed by atoms with E-state index in [2.05, 4.69) is 69.7 Å². The number of nitrogens with zero attached hydrogens (tertiary/aromatic N) is 5. The van der Waals surface area contributed by atoms with Gasteiger partial charge in [-0.05, 0) is 63.0 Å². The van der Waals surface area contributed by atoms with Gasteiger partial charge in [-0.15, -0.1) is 0 Å². The molecule has 1 aliphatic rings. The summed E-state index contributed by atoms with van der Waals surface area (Å²) < 4.78 is 7.25. The van der Waals surface area contributed by atoms with E-state index in [1.807, 2.05) is 12.1 Å². The van der Waals surface area contributed by atoms with Crippen LogP contribution in [0.1, 0.15) is 56.0 Å². The molecule has 0 bridgehead atoms. The van der Waals surface area contributed by atoms with Gasteiger partial charge in [0.05, 0.1) is 24.6 Å². The van der Waals surface area contributed by atoms with Crippen LogP contribution in [0.25, 0.3) is 21.9 Å². The molecule has 8 nitrogen and oxygen atoms in total. The number of carbonyl (C=O) groups is 1. The first kappa shape index (κ1) is 29.0. The highest BCUT2D eigenvalue weighted by atomic mass is 16.5. The zero-order valence-electron chi connectivity index (χ0n) is 24.8. The second kappa shape index (κ2) is 13.4. The molecule has 0 amide bonds. The van der Waals surface area contributed by atoms with E-state index in [9.17, 15) is 4.79 Å². The number of carbonyl (C=O) groups excluding carboxylic acids is 1. The minimum absolute atomic E-state index is 0.207. The molecule has 41 heavy (non-hydrogen) atoms. The number of rotatable bonds is 12. The Bertz CT molecular complexity index is 1460. The second-order valence-corrected chi connectivity index (χ2v) is 11.4. The van der Waals surface area contributed by atoms with Gasteiger partial charge in [-0.1, -0.05) is 55.8 Å². The lowest BCUT2D eigenvalue weighted by Crippen LogP contribution is -2.44. The van der Waals surface area contributed by atoms with Crippen molar-refractivity contribution in [2.45, 2.75) is 71.0 Å².